The number of benzene rings is 1. The van der Waals surface area contributed by atoms with Crippen LogP contribution < -0.4 is 5.32 Å². The van der Waals surface area contributed by atoms with Crippen molar-refractivity contribution in [2.24, 2.45) is 5.92 Å². The van der Waals surface area contributed by atoms with E-state index in [2.05, 4.69) is 5.32 Å². The van der Waals surface area contributed by atoms with Crippen molar-refractivity contribution in [3.8, 4) is 0 Å². The summed E-state index contributed by atoms with van der Waals surface area (Å²) in [4.78, 5) is 22.4. The van der Waals surface area contributed by atoms with Crippen LogP contribution in [0.2, 0.25) is 0 Å². The number of hydrogen-bond donors (Lipinski definition) is 2. The van der Waals surface area contributed by atoms with Gasteiger partial charge < -0.3 is 10.4 Å². The van der Waals surface area contributed by atoms with E-state index in [0.29, 0.717) is 12.8 Å². The number of carboxylic acid groups (broad SMARTS) is 1. The van der Waals surface area contributed by atoms with E-state index >= 15 is 0 Å². The SMILES string of the molecule is CCC(CCC(=O)O)C(=O)Nc1ccc(C)cc1. The molecule has 0 heterocycles. The van der Waals surface area contributed by atoms with Crippen LogP contribution >= 0.6 is 0 Å². The number of hydrogen-bond acceptors (Lipinski definition) is 2. The third-order valence-electron chi connectivity index (χ3n) is 2.89. The van der Waals surface area contributed by atoms with E-state index in [9.17, 15) is 9.59 Å². The summed E-state index contributed by atoms with van der Waals surface area (Å²) in [5, 5.41) is 11.4. The molecule has 1 aromatic carbocycles. The van der Waals surface area contributed by atoms with Crippen LogP contribution in [0.15, 0.2) is 24.3 Å². The van der Waals surface area contributed by atoms with Gasteiger partial charge in [-0.1, -0.05) is 24.6 Å². The average Bonchev–Trinajstić information content (AvgIpc) is 2.32. The van der Waals surface area contributed by atoms with Crippen LogP contribution in [0.4, 0.5) is 5.69 Å². The molecule has 0 saturated heterocycles. The smallest absolute Gasteiger partial charge is 0.303 e. The minimum atomic E-state index is -0.864. The van der Waals surface area contributed by atoms with Crippen LogP contribution in [-0.2, 0) is 9.59 Å². The molecule has 0 aliphatic rings. The second kappa shape index (κ2) is 6.79. The van der Waals surface area contributed by atoms with Gasteiger partial charge in [-0.2, -0.15) is 0 Å². The van der Waals surface area contributed by atoms with Crippen molar-refractivity contribution in [2.45, 2.75) is 33.1 Å². The first kappa shape index (κ1) is 14.2. The molecule has 0 bridgehead atoms. The van der Waals surface area contributed by atoms with Gasteiger partial charge in [-0.3, -0.25) is 9.59 Å². The third-order valence-corrected chi connectivity index (χ3v) is 2.89. The van der Waals surface area contributed by atoms with Crippen molar-refractivity contribution in [2.75, 3.05) is 5.32 Å². The third kappa shape index (κ3) is 4.57. The van der Waals surface area contributed by atoms with E-state index in [-0.39, 0.29) is 18.2 Å². The molecule has 1 amide bonds. The lowest BCUT2D eigenvalue weighted by Gasteiger charge is -2.14. The second-order valence-corrected chi connectivity index (χ2v) is 4.39. The fourth-order valence-electron chi connectivity index (χ4n) is 1.70. The predicted octanol–water partition coefficient (Wildman–Crippen LogP) is 2.82. The first-order valence-electron chi connectivity index (χ1n) is 6.12. The van der Waals surface area contributed by atoms with Gasteiger partial charge in [0.2, 0.25) is 5.91 Å². The second-order valence-electron chi connectivity index (χ2n) is 4.39. The van der Waals surface area contributed by atoms with Crippen LogP contribution in [-0.4, -0.2) is 17.0 Å². The molecule has 1 aromatic rings. The average molecular weight is 249 g/mol. The molecular formula is C14H19NO3. The molecule has 4 nitrogen and oxygen atoms in total. The van der Waals surface area contributed by atoms with Crippen LogP contribution in [0.1, 0.15) is 31.7 Å². The lowest BCUT2D eigenvalue weighted by molar-refractivity contribution is -0.137. The number of carbonyl (C=O) groups excluding carboxylic acids is 1. The number of carboxylic acids is 1. The molecule has 0 spiro atoms. The number of nitrogens with one attached hydrogen (secondary N) is 1. The molecule has 0 aromatic heterocycles. The van der Waals surface area contributed by atoms with Crippen LogP contribution in [0.5, 0.6) is 0 Å². The van der Waals surface area contributed by atoms with Gasteiger partial charge in [-0.15, -0.1) is 0 Å². The number of aryl methyl sites for hydroxylation is 1. The maximum atomic E-state index is 11.9. The molecule has 1 unspecified atom stereocenters. The number of amides is 1. The highest BCUT2D eigenvalue weighted by Gasteiger charge is 2.17. The summed E-state index contributed by atoms with van der Waals surface area (Å²) < 4.78 is 0. The van der Waals surface area contributed by atoms with Gasteiger partial charge in [0.05, 0.1) is 0 Å². The monoisotopic (exact) mass is 249 g/mol. The van der Waals surface area contributed by atoms with E-state index in [0.717, 1.165) is 11.3 Å². The molecule has 0 aliphatic heterocycles. The molecule has 18 heavy (non-hydrogen) atoms. The summed E-state index contributed by atoms with van der Waals surface area (Å²) in [6.45, 7) is 3.87. The summed E-state index contributed by atoms with van der Waals surface area (Å²) in [5.41, 5.74) is 1.88. The molecule has 0 aliphatic carbocycles. The molecule has 4 heteroatoms. The normalized spacial score (nSPS) is 11.9. The Balaban J connectivity index is 2.56. The van der Waals surface area contributed by atoms with Crippen molar-refractivity contribution < 1.29 is 14.7 Å². The van der Waals surface area contributed by atoms with Crippen molar-refractivity contribution >= 4 is 17.6 Å². The molecule has 2 N–H and O–H groups in total. The minimum Gasteiger partial charge on any atom is -0.481 e. The Bertz CT molecular complexity index is 412. The van der Waals surface area contributed by atoms with Crippen LogP contribution in [0.25, 0.3) is 0 Å². The highest BCUT2D eigenvalue weighted by molar-refractivity contribution is 5.92. The standard InChI is InChI=1S/C14H19NO3/c1-3-11(6-9-13(16)17)14(18)15-12-7-4-10(2)5-8-12/h4-5,7-8,11H,3,6,9H2,1-2H3,(H,15,18)(H,16,17). The van der Waals surface area contributed by atoms with Gasteiger partial charge in [-0.05, 0) is 31.9 Å². The highest BCUT2D eigenvalue weighted by atomic mass is 16.4. The van der Waals surface area contributed by atoms with Gasteiger partial charge in [0.15, 0.2) is 0 Å². The van der Waals surface area contributed by atoms with Crippen LogP contribution in [0.3, 0.4) is 0 Å². The molecular weight excluding hydrogens is 230 g/mol. The van der Waals surface area contributed by atoms with E-state index in [1.54, 1.807) is 0 Å². The maximum Gasteiger partial charge on any atom is 0.303 e. The lowest BCUT2D eigenvalue weighted by atomic mass is 9.99. The van der Waals surface area contributed by atoms with Gasteiger partial charge in [0.25, 0.3) is 0 Å². The van der Waals surface area contributed by atoms with Gasteiger partial charge >= 0.3 is 5.97 Å². The van der Waals surface area contributed by atoms with Gasteiger partial charge in [0.1, 0.15) is 0 Å². The Kier molecular flexibility index (Phi) is 5.36. The molecule has 1 atom stereocenters. The zero-order valence-corrected chi connectivity index (χ0v) is 10.8. The molecule has 0 saturated carbocycles. The zero-order valence-electron chi connectivity index (χ0n) is 10.8. The quantitative estimate of drug-likeness (QED) is 0.814. The summed E-state index contributed by atoms with van der Waals surface area (Å²) >= 11 is 0. The summed E-state index contributed by atoms with van der Waals surface area (Å²) in [6.07, 6.45) is 1.05. The van der Waals surface area contributed by atoms with Crippen LogP contribution in [0, 0.1) is 12.8 Å². The van der Waals surface area contributed by atoms with Crippen molar-refractivity contribution in [1.29, 1.82) is 0 Å². The Hall–Kier alpha value is -1.84. The number of aliphatic carboxylic acids is 1. The summed E-state index contributed by atoms with van der Waals surface area (Å²) in [7, 11) is 0. The van der Waals surface area contributed by atoms with E-state index < -0.39 is 5.97 Å². The first-order valence-corrected chi connectivity index (χ1v) is 6.12. The minimum absolute atomic E-state index is 0.0276. The van der Waals surface area contributed by atoms with Crippen molar-refractivity contribution in [3.05, 3.63) is 29.8 Å². The Labute approximate surface area is 107 Å². The first-order chi connectivity index (χ1) is 8.52. The number of anilines is 1. The Morgan fingerprint density at radius 3 is 2.39 bits per heavy atom. The number of carbonyl (C=O) groups is 2. The highest BCUT2D eigenvalue weighted by Crippen LogP contribution is 2.15. The van der Waals surface area contributed by atoms with Gasteiger partial charge in [-0.25, -0.2) is 0 Å². The zero-order chi connectivity index (χ0) is 13.5. The summed E-state index contributed by atoms with van der Waals surface area (Å²) in [6, 6.07) is 7.54. The lowest BCUT2D eigenvalue weighted by Crippen LogP contribution is -2.23. The van der Waals surface area contributed by atoms with Gasteiger partial charge in [0, 0.05) is 18.0 Å². The summed E-state index contributed by atoms with van der Waals surface area (Å²) in [5.74, 6) is -1.22. The molecule has 98 valence electrons. The fourth-order valence-corrected chi connectivity index (χ4v) is 1.70. The van der Waals surface area contributed by atoms with E-state index in [1.165, 1.54) is 0 Å². The van der Waals surface area contributed by atoms with E-state index in [4.69, 9.17) is 5.11 Å². The van der Waals surface area contributed by atoms with Crippen molar-refractivity contribution in [3.63, 3.8) is 0 Å². The molecule has 0 fully saturated rings. The van der Waals surface area contributed by atoms with Crippen molar-refractivity contribution in [1.82, 2.24) is 0 Å². The predicted molar refractivity (Wildman–Crippen MR) is 70.5 cm³/mol. The topological polar surface area (TPSA) is 66.4 Å². The number of rotatable bonds is 6. The maximum absolute atomic E-state index is 11.9. The van der Waals surface area contributed by atoms with E-state index in [1.807, 2.05) is 38.1 Å². The molecule has 0 radical (unpaired) electrons. The Morgan fingerprint density at radius 2 is 1.89 bits per heavy atom. The largest absolute Gasteiger partial charge is 0.481 e. The Morgan fingerprint density at radius 1 is 1.28 bits per heavy atom. The fraction of sp³-hybridized carbons (Fsp3) is 0.429. The molecule has 1 rings (SSSR count).